The zero-order valence-electron chi connectivity index (χ0n) is 16.4. The summed E-state index contributed by atoms with van der Waals surface area (Å²) in [6, 6.07) is 13.3. The second kappa shape index (κ2) is 10.5. The molecule has 1 aliphatic rings. The smallest absolute Gasteiger partial charge is 0.258 e. The molecular formula is C21H24N2O4S2. The number of thioether (sulfide) groups is 2. The van der Waals surface area contributed by atoms with Gasteiger partial charge in [0.15, 0.2) is 6.61 Å². The lowest BCUT2D eigenvalue weighted by atomic mass is 10.2. The normalized spacial score (nSPS) is 13.7. The second-order valence-electron chi connectivity index (χ2n) is 6.43. The molecule has 0 spiro atoms. The summed E-state index contributed by atoms with van der Waals surface area (Å²) in [5.41, 5.74) is 2.66. The van der Waals surface area contributed by atoms with E-state index in [1.54, 1.807) is 13.2 Å². The van der Waals surface area contributed by atoms with Gasteiger partial charge in [-0.3, -0.25) is 9.59 Å². The number of ether oxygens (including phenoxy) is 2. The lowest BCUT2D eigenvalue weighted by Gasteiger charge is -2.15. The van der Waals surface area contributed by atoms with Crippen molar-refractivity contribution in [2.45, 2.75) is 11.5 Å². The summed E-state index contributed by atoms with van der Waals surface area (Å²) in [7, 11) is 1.54. The van der Waals surface area contributed by atoms with E-state index >= 15 is 0 Å². The quantitative estimate of drug-likeness (QED) is 0.664. The molecule has 3 rings (SSSR count). The number of hydrogen-bond donors (Lipinski definition) is 2. The molecule has 6 nitrogen and oxygen atoms in total. The third kappa shape index (κ3) is 6.08. The number of aryl methyl sites for hydroxylation is 1. The minimum Gasteiger partial charge on any atom is -0.495 e. The van der Waals surface area contributed by atoms with Crippen molar-refractivity contribution in [1.82, 2.24) is 5.32 Å². The Bertz CT molecular complexity index is 870. The Morgan fingerprint density at radius 1 is 1.07 bits per heavy atom. The van der Waals surface area contributed by atoms with Gasteiger partial charge in [0.05, 0.1) is 23.9 Å². The maximum Gasteiger partial charge on any atom is 0.258 e. The van der Waals surface area contributed by atoms with E-state index in [0.717, 1.165) is 22.6 Å². The molecule has 0 unspecified atom stereocenters. The molecule has 0 saturated carbocycles. The number of benzene rings is 2. The van der Waals surface area contributed by atoms with Gasteiger partial charge in [0.25, 0.3) is 5.91 Å². The van der Waals surface area contributed by atoms with Crippen molar-refractivity contribution in [2.75, 3.05) is 37.1 Å². The molecule has 0 aliphatic carbocycles. The maximum atomic E-state index is 12.2. The summed E-state index contributed by atoms with van der Waals surface area (Å²) in [5, 5.41) is 5.34. The minimum absolute atomic E-state index is 0.139. The van der Waals surface area contributed by atoms with E-state index in [0.29, 0.717) is 21.8 Å². The van der Waals surface area contributed by atoms with E-state index in [9.17, 15) is 9.59 Å². The molecule has 0 atom stereocenters. The van der Waals surface area contributed by atoms with E-state index in [2.05, 4.69) is 10.6 Å². The summed E-state index contributed by atoms with van der Waals surface area (Å²) < 4.78 is 11.3. The molecule has 0 aromatic heterocycles. The molecule has 0 radical (unpaired) electrons. The number of hydrogen-bond acceptors (Lipinski definition) is 6. The molecule has 1 aliphatic heterocycles. The van der Waals surface area contributed by atoms with Crippen molar-refractivity contribution in [3.05, 3.63) is 53.6 Å². The van der Waals surface area contributed by atoms with E-state index in [4.69, 9.17) is 9.47 Å². The first-order chi connectivity index (χ1) is 14.1. The highest BCUT2D eigenvalue weighted by Crippen LogP contribution is 2.48. The molecule has 2 N–H and O–H groups in total. The van der Waals surface area contributed by atoms with Gasteiger partial charge < -0.3 is 20.1 Å². The van der Waals surface area contributed by atoms with Gasteiger partial charge in [-0.05, 0) is 30.7 Å². The van der Waals surface area contributed by atoms with Crippen molar-refractivity contribution in [3.63, 3.8) is 0 Å². The zero-order valence-corrected chi connectivity index (χ0v) is 18.0. The number of carbonyl (C=O) groups excluding carboxylic acids is 2. The first-order valence-corrected chi connectivity index (χ1v) is 11.3. The number of methoxy groups -OCH3 is 1. The Morgan fingerprint density at radius 2 is 1.83 bits per heavy atom. The molecule has 1 fully saturated rings. The standard InChI is InChI=1S/C21H24N2O4S2/c1-14-7-8-18(26-2)16(11-14)23-19(24)12-22-20(25)13-27-17-6-4-3-5-15(17)21-28-9-10-29-21/h3-8,11,21H,9-10,12-13H2,1-2H3,(H,22,25)(H,23,24). The Morgan fingerprint density at radius 3 is 2.59 bits per heavy atom. The van der Waals surface area contributed by atoms with Gasteiger partial charge in [-0.15, -0.1) is 23.5 Å². The van der Waals surface area contributed by atoms with Crippen LogP contribution in [0.1, 0.15) is 15.7 Å². The molecule has 2 aromatic rings. The third-order valence-corrected chi connectivity index (χ3v) is 7.30. The van der Waals surface area contributed by atoms with Gasteiger partial charge in [0.1, 0.15) is 11.5 Å². The first-order valence-electron chi connectivity index (χ1n) is 9.23. The summed E-state index contributed by atoms with van der Waals surface area (Å²) >= 11 is 3.76. The van der Waals surface area contributed by atoms with E-state index in [-0.39, 0.29) is 25.0 Å². The molecule has 1 heterocycles. The number of carbonyl (C=O) groups is 2. The summed E-state index contributed by atoms with van der Waals surface area (Å²) in [5.74, 6) is 2.83. The fourth-order valence-corrected chi connectivity index (χ4v) is 5.74. The molecule has 154 valence electrons. The Hall–Kier alpha value is -2.32. The maximum absolute atomic E-state index is 12.2. The van der Waals surface area contributed by atoms with Crippen LogP contribution in [0.25, 0.3) is 0 Å². The van der Waals surface area contributed by atoms with Crippen LogP contribution in [0.4, 0.5) is 5.69 Å². The predicted molar refractivity (Wildman–Crippen MR) is 119 cm³/mol. The Labute approximate surface area is 179 Å². The summed E-state index contributed by atoms with van der Waals surface area (Å²) in [4.78, 5) is 24.3. The monoisotopic (exact) mass is 432 g/mol. The van der Waals surface area contributed by atoms with Crippen molar-refractivity contribution in [2.24, 2.45) is 0 Å². The van der Waals surface area contributed by atoms with E-state index < -0.39 is 0 Å². The SMILES string of the molecule is COc1ccc(C)cc1NC(=O)CNC(=O)COc1ccccc1C1SCCS1. The molecule has 2 amide bonds. The number of anilines is 1. The van der Waals surface area contributed by atoms with Crippen molar-refractivity contribution >= 4 is 41.0 Å². The molecule has 8 heteroatoms. The average molecular weight is 433 g/mol. The average Bonchev–Trinajstić information content (AvgIpc) is 3.26. The number of para-hydroxylation sites is 1. The first kappa shape index (κ1) is 21.4. The van der Waals surface area contributed by atoms with Gasteiger partial charge in [-0.2, -0.15) is 0 Å². The largest absolute Gasteiger partial charge is 0.495 e. The van der Waals surface area contributed by atoms with Gasteiger partial charge >= 0.3 is 0 Å². The van der Waals surface area contributed by atoms with Crippen LogP contribution in [0.15, 0.2) is 42.5 Å². The van der Waals surface area contributed by atoms with Gasteiger partial charge in [0, 0.05) is 17.1 Å². The Balaban J connectivity index is 1.48. The van der Waals surface area contributed by atoms with Gasteiger partial charge in [0.2, 0.25) is 5.91 Å². The number of nitrogens with one attached hydrogen (secondary N) is 2. The molecule has 29 heavy (non-hydrogen) atoms. The molecule has 0 bridgehead atoms. The minimum atomic E-state index is -0.349. The Kier molecular flexibility index (Phi) is 7.71. The van der Waals surface area contributed by atoms with Crippen molar-refractivity contribution < 1.29 is 19.1 Å². The second-order valence-corrected chi connectivity index (χ2v) is 9.15. The summed E-state index contributed by atoms with van der Waals surface area (Å²) in [6.45, 7) is 1.64. The van der Waals surface area contributed by atoms with Crippen LogP contribution in [0.2, 0.25) is 0 Å². The van der Waals surface area contributed by atoms with E-state index in [1.807, 2.05) is 66.8 Å². The topological polar surface area (TPSA) is 76.7 Å². The molecule has 2 aromatic carbocycles. The van der Waals surface area contributed by atoms with Crippen LogP contribution in [0.5, 0.6) is 11.5 Å². The lowest BCUT2D eigenvalue weighted by Crippen LogP contribution is -2.35. The molecular weight excluding hydrogens is 408 g/mol. The molecule has 1 saturated heterocycles. The fraction of sp³-hybridized carbons (Fsp3) is 0.333. The highest BCUT2D eigenvalue weighted by Gasteiger charge is 2.22. The fourth-order valence-electron chi connectivity index (χ4n) is 2.83. The van der Waals surface area contributed by atoms with Crippen molar-refractivity contribution in [1.29, 1.82) is 0 Å². The summed E-state index contributed by atoms with van der Waals surface area (Å²) in [6.07, 6.45) is 0. The van der Waals surface area contributed by atoms with Crippen LogP contribution in [0.3, 0.4) is 0 Å². The van der Waals surface area contributed by atoms with E-state index in [1.165, 1.54) is 0 Å². The zero-order chi connectivity index (χ0) is 20.6. The van der Waals surface area contributed by atoms with Gasteiger partial charge in [-0.1, -0.05) is 24.3 Å². The number of amides is 2. The van der Waals surface area contributed by atoms with Crippen molar-refractivity contribution in [3.8, 4) is 11.5 Å². The van der Waals surface area contributed by atoms with Crippen LogP contribution in [-0.4, -0.2) is 43.6 Å². The van der Waals surface area contributed by atoms with Crippen LogP contribution in [-0.2, 0) is 9.59 Å². The predicted octanol–water partition coefficient (Wildman–Crippen LogP) is 3.62. The lowest BCUT2D eigenvalue weighted by molar-refractivity contribution is -0.125. The number of rotatable bonds is 8. The van der Waals surface area contributed by atoms with Crippen LogP contribution >= 0.6 is 23.5 Å². The highest BCUT2D eigenvalue weighted by molar-refractivity contribution is 8.19. The van der Waals surface area contributed by atoms with Gasteiger partial charge in [-0.25, -0.2) is 0 Å². The van der Waals surface area contributed by atoms with Crippen LogP contribution in [0, 0.1) is 6.92 Å². The third-order valence-electron chi connectivity index (χ3n) is 4.23. The van der Waals surface area contributed by atoms with Crippen LogP contribution < -0.4 is 20.1 Å². The highest BCUT2D eigenvalue weighted by atomic mass is 32.2.